The molecule has 0 saturated carbocycles. The van der Waals surface area contributed by atoms with Crippen molar-refractivity contribution in [1.82, 2.24) is 5.32 Å². The molecule has 0 atom stereocenters. The second-order valence-corrected chi connectivity index (χ2v) is 6.22. The quantitative estimate of drug-likeness (QED) is 0.818. The second-order valence-electron chi connectivity index (χ2n) is 4.06. The summed E-state index contributed by atoms with van der Waals surface area (Å²) in [5.41, 5.74) is 1.49. The Bertz CT molecular complexity index is 510. The van der Waals surface area contributed by atoms with Gasteiger partial charge in [0.2, 0.25) is 0 Å². The van der Waals surface area contributed by atoms with Crippen LogP contribution < -0.4 is 5.32 Å². The standard InChI is InChI=1S/C11H13NO3S/c1-8-4-2-3-5-10(8)11(13)12-9-6-16(14,15)7-9/h2-5,9H,6-7H2,1H3,(H,12,13). The highest BCUT2D eigenvalue weighted by Gasteiger charge is 2.34. The van der Waals surface area contributed by atoms with E-state index in [-0.39, 0.29) is 23.5 Å². The fourth-order valence-electron chi connectivity index (χ4n) is 1.74. The monoisotopic (exact) mass is 239 g/mol. The molecule has 5 heteroatoms. The van der Waals surface area contributed by atoms with E-state index >= 15 is 0 Å². The van der Waals surface area contributed by atoms with Gasteiger partial charge in [-0.05, 0) is 18.6 Å². The molecule has 1 saturated heterocycles. The number of rotatable bonds is 2. The molecule has 1 amide bonds. The summed E-state index contributed by atoms with van der Waals surface area (Å²) in [4.78, 5) is 11.8. The van der Waals surface area contributed by atoms with Crippen LogP contribution in [-0.2, 0) is 9.84 Å². The van der Waals surface area contributed by atoms with E-state index in [0.717, 1.165) is 5.56 Å². The number of nitrogens with one attached hydrogen (secondary N) is 1. The van der Waals surface area contributed by atoms with Gasteiger partial charge in [0.25, 0.3) is 5.91 Å². The molecular weight excluding hydrogens is 226 g/mol. The van der Waals surface area contributed by atoms with E-state index in [1.165, 1.54) is 0 Å². The van der Waals surface area contributed by atoms with Crippen molar-refractivity contribution >= 4 is 15.7 Å². The summed E-state index contributed by atoms with van der Waals surface area (Å²) in [7, 11) is -2.88. The van der Waals surface area contributed by atoms with Crippen LogP contribution in [-0.4, -0.2) is 31.9 Å². The Morgan fingerprint density at radius 1 is 1.31 bits per heavy atom. The lowest BCUT2D eigenvalue weighted by Crippen LogP contribution is -2.53. The Balaban J connectivity index is 2.02. The molecule has 16 heavy (non-hydrogen) atoms. The third kappa shape index (κ3) is 2.24. The van der Waals surface area contributed by atoms with Gasteiger partial charge in [-0.15, -0.1) is 0 Å². The van der Waals surface area contributed by atoms with Crippen molar-refractivity contribution in [2.75, 3.05) is 11.5 Å². The van der Waals surface area contributed by atoms with Crippen LogP contribution in [0.2, 0.25) is 0 Å². The van der Waals surface area contributed by atoms with Crippen LogP contribution in [0.15, 0.2) is 24.3 Å². The zero-order valence-corrected chi connectivity index (χ0v) is 9.75. The van der Waals surface area contributed by atoms with Gasteiger partial charge in [-0.2, -0.15) is 0 Å². The predicted molar refractivity (Wildman–Crippen MR) is 61.1 cm³/mol. The van der Waals surface area contributed by atoms with Gasteiger partial charge in [0, 0.05) is 5.56 Å². The van der Waals surface area contributed by atoms with Crippen LogP contribution in [0.4, 0.5) is 0 Å². The van der Waals surface area contributed by atoms with Gasteiger partial charge < -0.3 is 5.32 Å². The van der Waals surface area contributed by atoms with Crippen LogP contribution in [0.25, 0.3) is 0 Å². The highest BCUT2D eigenvalue weighted by atomic mass is 32.2. The number of carbonyl (C=O) groups excluding carboxylic acids is 1. The SMILES string of the molecule is Cc1ccccc1C(=O)NC1CS(=O)(=O)C1. The van der Waals surface area contributed by atoms with Crippen LogP contribution >= 0.6 is 0 Å². The first-order chi connectivity index (χ1) is 7.48. The lowest BCUT2D eigenvalue weighted by atomic mass is 10.1. The van der Waals surface area contributed by atoms with E-state index in [4.69, 9.17) is 0 Å². The molecule has 1 aromatic rings. The van der Waals surface area contributed by atoms with Crippen molar-refractivity contribution in [3.63, 3.8) is 0 Å². The zero-order valence-electron chi connectivity index (χ0n) is 8.93. The normalized spacial score (nSPS) is 18.8. The van der Waals surface area contributed by atoms with Crippen molar-refractivity contribution in [3.8, 4) is 0 Å². The van der Waals surface area contributed by atoms with Gasteiger partial charge in [0.15, 0.2) is 9.84 Å². The Morgan fingerprint density at radius 2 is 1.94 bits per heavy atom. The van der Waals surface area contributed by atoms with E-state index < -0.39 is 9.84 Å². The molecule has 0 spiro atoms. The molecule has 0 bridgehead atoms. The van der Waals surface area contributed by atoms with Crippen molar-refractivity contribution in [3.05, 3.63) is 35.4 Å². The molecule has 1 aromatic carbocycles. The molecule has 4 nitrogen and oxygen atoms in total. The molecule has 2 rings (SSSR count). The number of carbonyl (C=O) groups is 1. The molecule has 1 N–H and O–H groups in total. The van der Waals surface area contributed by atoms with Gasteiger partial charge >= 0.3 is 0 Å². The largest absolute Gasteiger partial charge is 0.347 e. The summed E-state index contributed by atoms with van der Waals surface area (Å²) < 4.78 is 21.9. The molecule has 0 aromatic heterocycles. The Hall–Kier alpha value is -1.36. The summed E-state index contributed by atoms with van der Waals surface area (Å²) >= 11 is 0. The third-order valence-electron chi connectivity index (χ3n) is 2.64. The predicted octanol–water partition coefficient (Wildman–Crippen LogP) is 0.522. The summed E-state index contributed by atoms with van der Waals surface area (Å²) in [6, 6.07) is 7.01. The Labute approximate surface area is 94.6 Å². The summed E-state index contributed by atoms with van der Waals surface area (Å²) in [6.45, 7) is 1.85. The Kier molecular flexibility index (Phi) is 2.71. The van der Waals surface area contributed by atoms with Crippen LogP contribution in [0.3, 0.4) is 0 Å². The maximum absolute atomic E-state index is 11.8. The van der Waals surface area contributed by atoms with E-state index in [9.17, 15) is 13.2 Å². The van der Waals surface area contributed by atoms with Gasteiger partial charge in [-0.25, -0.2) is 8.42 Å². The van der Waals surface area contributed by atoms with Gasteiger partial charge in [0.1, 0.15) is 0 Å². The van der Waals surface area contributed by atoms with Gasteiger partial charge in [-0.1, -0.05) is 18.2 Å². The van der Waals surface area contributed by atoms with E-state index in [0.29, 0.717) is 5.56 Å². The number of sulfone groups is 1. The average molecular weight is 239 g/mol. The van der Waals surface area contributed by atoms with Crippen LogP contribution in [0, 0.1) is 6.92 Å². The molecule has 0 radical (unpaired) electrons. The maximum Gasteiger partial charge on any atom is 0.251 e. The van der Waals surface area contributed by atoms with Gasteiger partial charge in [-0.3, -0.25) is 4.79 Å². The van der Waals surface area contributed by atoms with E-state index in [1.54, 1.807) is 12.1 Å². The first-order valence-electron chi connectivity index (χ1n) is 5.05. The molecule has 0 aliphatic carbocycles. The van der Waals surface area contributed by atoms with E-state index in [1.807, 2.05) is 19.1 Å². The van der Waals surface area contributed by atoms with Crippen molar-refractivity contribution in [2.45, 2.75) is 13.0 Å². The number of benzene rings is 1. The van der Waals surface area contributed by atoms with Crippen LogP contribution in [0.1, 0.15) is 15.9 Å². The average Bonchev–Trinajstić information content (AvgIpc) is 2.15. The first kappa shape index (κ1) is 11.1. The van der Waals surface area contributed by atoms with Crippen molar-refractivity contribution < 1.29 is 13.2 Å². The van der Waals surface area contributed by atoms with Crippen molar-refractivity contribution in [1.29, 1.82) is 0 Å². The van der Waals surface area contributed by atoms with E-state index in [2.05, 4.69) is 5.32 Å². The van der Waals surface area contributed by atoms with Crippen LogP contribution in [0.5, 0.6) is 0 Å². The minimum Gasteiger partial charge on any atom is -0.347 e. The number of amides is 1. The molecule has 1 aliphatic rings. The molecule has 1 fully saturated rings. The molecule has 1 aliphatic heterocycles. The third-order valence-corrected chi connectivity index (χ3v) is 4.46. The molecule has 86 valence electrons. The smallest absolute Gasteiger partial charge is 0.251 e. The minimum absolute atomic E-state index is 0.0601. The summed E-state index contributed by atoms with van der Waals surface area (Å²) in [5, 5.41) is 2.71. The zero-order chi connectivity index (χ0) is 11.8. The summed E-state index contributed by atoms with van der Waals surface area (Å²) in [6.07, 6.45) is 0. The van der Waals surface area contributed by atoms with Crippen molar-refractivity contribution in [2.24, 2.45) is 0 Å². The maximum atomic E-state index is 11.8. The molecule has 1 heterocycles. The lowest BCUT2D eigenvalue weighted by Gasteiger charge is -2.26. The number of hydrogen-bond donors (Lipinski definition) is 1. The lowest BCUT2D eigenvalue weighted by molar-refractivity contribution is 0.0941. The fraction of sp³-hybridized carbons (Fsp3) is 0.364. The number of aryl methyl sites for hydroxylation is 1. The first-order valence-corrected chi connectivity index (χ1v) is 6.87. The summed E-state index contributed by atoms with van der Waals surface area (Å²) in [5.74, 6) is -0.0760. The second kappa shape index (κ2) is 3.90. The highest BCUT2D eigenvalue weighted by molar-refractivity contribution is 7.92. The number of hydrogen-bond acceptors (Lipinski definition) is 3. The molecular formula is C11H13NO3S. The molecule has 0 unspecified atom stereocenters. The fourth-order valence-corrected chi connectivity index (χ4v) is 3.03. The topological polar surface area (TPSA) is 63.2 Å². The minimum atomic E-state index is -2.88. The highest BCUT2D eigenvalue weighted by Crippen LogP contribution is 2.12. The Morgan fingerprint density at radius 3 is 2.50 bits per heavy atom. The van der Waals surface area contributed by atoms with Gasteiger partial charge in [0.05, 0.1) is 17.5 Å².